The lowest BCUT2D eigenvalue weighted by molar-refractivity contribution is 0.341. The Labute approximate surface area is 78.0 Å². The fourth-order valence-electron chi connectivity index (χ4n) is 1.23. The lowest BCUT2D eigenvalue weighted by atomic mass is 9.86. The van der Waals surface area contributed by atoms with Gasteiger partial charge in [-0.1, -0.05) is 38.4 Å². The standard InChI is InChI=1S/C10H12ClO/c1-10(2,3)9-7(11)5-4-6-8(9)12/h4-6H,1-3H3. The molecular weight excluding hydrogens is 172 g/mol. The Hall–Kier alpha value is -0.690. The Morgan fingerprint density at radius 1 is 1.25 bits per heavy atom. The summed E-state index contributed by atoms with van der Waals surface area (Å²) in [6, 6.07) is 4.98. The van der Waals surface area contributed by atoms with Crippen molar-refractivity contribution in [1.82, 2.24) is 0 Å². The largest absolute Gasteiger partial charge is 0.290 e. The Bertz CT molecular complexity index is 266. The van der Waals surface area contributed by atoms with E-state index in [4.69, 9.17) is 11.6 Å². The summed E-state index contributed by atoms with van der Waals surface area (Å²) in [6.45, 7) is 5.95. The summed E-state index contributed by atoms with van der Waals surface area (Å²) in [5.74, 6) is 0.0231. The highest BCUT2D eigenvalue weighted by Gasteiger charge is 2.21. The summed E-state index contributed by atoms with van der Waals surface area (Å²) in [4.78, 5) is 0. The van der Waals surface area contributed by atoms with Gasteiger partial charge >= 0.3 is 0 Å². The van der Waals surface area contributed by atoms with Gasteiger partial charge in [0.25, 0.3) is 0 Å². The van der Waals surface area contributed by atoms with Crippen LogP contribution in [-0.2, 0) is 10.5 Å². The average Bonchev–Trinajstić information content (AvgIpc) is 1.82. The third kappa shape index (κ3) is 1.72. The van der Waals surface area contributed by atoms with E-state index in [1.165, 1.54) is 0 Å². The van der Waals surface area contributed by atoms with E-state index in [2.05, 4.69) is 0 Å². The molecule has 0 saturated carbocycles. The quantitative estimate of drug-likeness (QED) is 0.584. The van der Waals surface area contributed by atoms with Crippen LogP contribution in [0, 0.1) is 0 Å². The first-order valence-electron chi connectivity index (χ1n) is 3.89. The normalized spacial score (nSPS) is 11.7. The molecule has 1 nitrogen and oxygen atoms in total. The maximum atomic E-state index is 11.4. The van der Waals surface area contributed by atoms with E-state index in [-0.39, 0.29) is 11.2 Å². The van der Waals surface area contributed by atoms with Crippen LogP contribution in [0.15, 0.2) is 18.2 Å². The molecule has 0 heterocycles. The summed E-state index contributed by atoms with van der Waals surface area (Å²) < 4.78 is 0. The molecule has 0 aliphatic heterocycles. The van der Waals surface area contributed by atoms with Crippen molar-refractivity contribution in [2.24, 2.45) is 0 Å². The number of hydrogen-bond acceptors (Lipinski definition) is 0. The Balaban J connectivity index is 3.31. The molecule has 65 valence electrons. The van der Waals surface area contributed by atoms with Gasteiger partial charge in [0.05, 0.1) is 0 Å². The molecule has 1 rings (SSSR count). The van der Waals surface area contributed by atoms with E-state index in [0.717, 1.165) is 0 Å². The maximum absolute atomic E-state index is 11.4. The molecule has 0 amide bonds. The predicted octanol–water partition coefficient (Wildman–Crippen LogP) is 3.78. The molecule has 2 heteroatoms. The molecule has 0 aliphatic rings. The monoisotopic (exact) mass is 183 g/mol. The summed E-state index contributed by atoms with van der Waals surface area (Å²) in [7, 11) is 0. The SMILES string of the molecule is CC(C)(C)c1c([O])cccc1Cl. The van der Waals surface area contributed by atoms with Crippen LogP contribution in [0.2, 0.25) is 5.02 Å². The fraction of sp³-hybridized carbons (Fsp3) is 0.400. The van der Waals surface area contributed by atoms with Crippen LogP contribution in [0.1, 0.15) is 26.3 Å². The van der Waals surface area contributed by atoms with Crippen LogP contribution in [0.25, 0.3) is 0 Å². The molecule has 0 fully saturated rings. The van der Waals surface area contributed by atoms with Gasteiger partial charge in [-0.25, -0.2) is 0 Å². The van der Waals surface area contributed by atoms with Gasteiger partial charge in [-0.3, -0.25) is 5.11 Å². The summed E-state index contributed by atoms with van der Waals surface area (Å²) >= 11 is 5.91. The van der Waals surface area contributed by atoms with Crippen LogP contribution in [0.4, 0.5) is 0 Å². The highest BCUT2D eigenvalue weighted by molar-refractivity contribution is 6.31. The Morgan fingerprint density at radius 3 is 2.17 bits per heavy atom. The zero-order valence-corrected chi connectivity index (χ0v) is 8.27. The van der Waals surface area contributed by atoms with Crippen LogP contribution in [0.5, 0.6) is 5.75 Å². The van der Waals surface area contributed by atoms with Crippen LogP contribution < -0.4 is 0 Å². The molecule has 0 atom stereocenters. The first-order valence-corrected chi connectivity index (χ1v) is 4.27. The molecular formula is C10H12ClO. The number of hydrogen-bond donors (Lipinski definition) is 0. The second-order valence-corrected chi connectivity index (χ2v) is 4.27. The zero-order chi connectivity index (χ0) is 9.35. The highest BCUT2D eigenvalue weighted by Crippen LogP contribution is 2.36. The minimum Gasteiger partial charge on any atom is -0.290 e. The van der Waals surface area contributed by atoms with Gasteiger partial charge in [-0.2, -0.15) is 0 Å². The molecule has 0 saturated heterocycles. The molecule has 0 bridgehead atoms. The maximum Gasteiger partial charge on any atom is 0.183 e. The van der Waals surface area contributed by atoms with Crippen molar-refractivity contribution in [2.75, 3.05) is 0 Å². The minimum absolute atomic E-state index is 0.0231. The van der Waals surface area contributed by atoms with Gasteiger partial charge in [-0.05, 0) is 17.5 Å². The summed E-state index contributed by atoms with van der Waals surface area (Å²) in [6.07, 6.45) is 0. The van der Waals surface area contributed by atoms with E-state index in [9.17, 15) is 5.11 Å². The smallest absolute Gasteiger partial charge is 0.183 e. The minimum atomic E-state index is -0.171. The van der Waals surface area contributed by atoms with Crippen LogP contribution in [0.3, 0.4) is 0 Å². The fourth-order valence-corrected chi connectivity index (χ4v) is 1.68. The third-order valence-corrected chi connectivity index (χ3v) is 2.04. The van der Waals surface area contributed by atoms with Gasteiger partial charge in [-0.15, -0.1) is 0 Å². The van der Waals surface area contributed by atoms with Crippen molar-refractivity contribution in [3.63, 3.8) is 0 Å². The molecule has 0 unspecified atom stereocenters. The Morgan fingerprint density at radius 2 is 1.83 bits per heavy atom. The Kier molecular flexibility index (Phi) is 2.34. The first-order chi connectivity index (χ1) is 5.43. The van der Waals surface area contributed by atoms with Crippen molar-refractivity contribution in [2.45, 2.75) is 26.2 Å². The van der Waals surface area contributed by atoms with Crippen LogP contribution in [-0.4, -0.2) is 0 Å². The van der Waals surface area contributed by atoms with Crippen LogP contribution >= 0.6 is 11.6 Å². The van der Waals surface area contributed by atoms with E-state index in [0.29, 0.717) is 10.6 Å². The number of halogens is 1. The molecule has 1 aromatic rings. The molecule has 0 N–H and O–H groups in total. The van der Waals surface area contributed by atoms with Crippen molar-refractivity contribution in [1.29, 1.82) is 0 Å². The third-order valence-electron chi connectivity index (χ3n) is 1.73. The number of benzene rings is 1. The zero-order valence-electron chi connectivity index (χ0n) is 7.52. The van der Waals surface area contributed by atoms with Crippen molar-refractivity contribution >= 4 is 11.6 Å². The second-order valence-electron chi connectivity index (χ2n) is 3.86. The topological polar surface area (TPSA) is 19.9 Å². The van der Waals surface area contributed by atoms with Gasteiger partial charge in [0.2, 0.25) is 0 Å². The predicted molar refractivity (Wildman–Crippen MR) is 50.3 cm³/mol. The van der Waals surface area contributed by atoms with Crippen molar-refractivity contribution < 1.29 is 5.11 Å². The van der Waals surface area contributed by atoms with E-state index in [1.807, 2.05) is 20.8 Å². The highest BCUT2D eigenvalue weighted by atomic mass is 35.5. The lowest BCUT2D eigenvalue weighted by Crippen LogP contribution is -2.11. The summed E-state index contributed by atoms with van der Waals surface area (Å²) in [5, 5.41) is 12.0. The molecule has 1 aromatic carbocycles. The van der Waals surface area contributed by atoms with E-state index < -0.39 is 0 Å². The molecule has 0 spiro atoms. The van der Waals surface area contributed by atoms with Gasteiger partial charge in [0, 0.05) is 10.6 Å². The summed E-state index contributed by atoms with van der Waals surface area (Å²) in [5.41, 5.74) is 0.529. The van der Waals surface area contributed by atoms with Gasteiger partial charge in [0.15, 0.2) is 5.75 Å². The van der Waals surface area contributed by atoms with Crippen molar-refractivity contribution in [3.05, 3.63) is 28.8 Å². The molecule has 0 aliphatic carbocycles. The average molecular weight is 184 g/mol. The van der Waals surface area contributed by atoms with Crippen molar-refractivity contribution in [3.8, 4) is 5.75 Å². The second kappa shape index (κ2) is 2.98. The van der Waals surface area contributed by atoms with E-state index in [1.54, 1.807) is 18.2 Å². The van der Waals surface area contributed by atoms with Gasteiger partial charge in [0.1, 0.15) is 0 Å². The first kappa shape index (κ1) is 9.40. The molecule has 0 aromatic heterocycles. The number of rotatable bonds is 0. The molecule has 12 heavy (non-hydrogen) atoms. The van der Waals surface area contributed by atoms with Gasteiger partial charge < -0.3 is 0 Å². The lowest BCUT2D eigenvalue weighted by Gasteiger charge is -2.20. The van der Waals surface area contributed by atoms with E-state index >= 15 is 0 Å². The molecule has 1 radical (unpaired) electrons.